The van der Waals surface area contributed by atoms with Crippen molar-refractivity contribution in [1.82, 2.24) is 0 Å². The molecule has 0 aromatic heterocycles. The van der Waals surface area contributed by atoms with E-state index in [2.05, 4.69) is 13.0 Å². The molecule has 2 heteroatoms. The SMILES string of the molecule is CCC=C(C)C(OC)OC. The maximum absolute atomic E-state index is 5.02. The third kappa shape index (κ3) is 2.99. The Morgan fingerprint density at radius 3 is 2.20 bits per heavy atom. The number of rotatable bonds is 4. The van der Waals surface area contributed by atoms with Crippen LogP contribution in [-0.4, -0.2) is 20.5 Å². The normalized spacial score (nSPS) is 12.7. The van der Waals surface area contributed by atoms with Crippen LogP contribution in [0.1, 0.15) is 20.3 Å². The molecular weight excluding hydrogens is 128 g/mol. The molecule has 0 fully saturated rings. The molecule has 0 spiro atoms. The molecule has 0 aliphatic rings. The van der Waals surface area contributed by atoms with Crippen molar-refractivity contribution in [3.8, 4) is 0 Å². The van der Waals surface area contributed by atoms with E-state index in [0.29, 0.717) is 0 Å². The molecule has 10 heavy (non-hydrogen) atoms. The molecule has 0 saturated heterocycles. The zero-order valence-corrected chi connectivity index (χ0v) is 7.18. The summed E-state index contributed by atoms with van der Waals surface area (Å²) in [4.78, 5) is 0. The predicted molar refractivity (Wildman–Crippen MR) is 41.9 cm³/mol. The zero-order chi connectivity index (χ0) is 7.98. The van der Waals surface area contributed by atoms with Gasteiger partial charge in [-0.1, -0.05) is 13.0 Å². The van der Waals surface area contributed by atoms with E-state index in [1.807, 2.05) is 6.92 Å². The number of methoxy groups -OCH3 is 2. The van der Waals surface area contributed by atoms with Crippen molar-refractivity contribution in [2.45, 2.75) is 26.6 Å². The Bertz CT molecular complexity index is 104. The standard InChI is InChI=1S/C8H16O2/c1-5-6-7(2)8(9-3)10-4/h6,8H,5H2,1-4H3. The Balaban J connectivity index is 3.87. The summed E-state index contributed by atoms with van der Waals surface area (Å²) in [7, 11) is 3.28. The Kier molecular flexibility index (Phi) is 5.26. The van der Waals surface area contributed by atoms with Gasteiger partial charge in [0, 0.05) is 14.2 Å². The second-order valence-electron chi connectivity index (χ2n) is 2.16. The van der Waals surface area contributed by atoms with Crippen LogP contribution in [0.15, 0.2) is 11.6 Å². The molecule has 0 radical (unpaired) electrons. The summed E-state index contributed by atoms with van der Waals surface area (Å²) in [6, 6.07) is 0. The van der Waals surface area contributed by atoms with Crippen LogP contribution in [0, 0.1) is 0 Å². The van der Waals surface area contributed by atoms with Gasteiger partial charge in [0.05, 0.1) is 0 Å². The molecule has 0 aliphatic heterocycles. The fraction of sp³-hybridized carbons (Fsp3) is 0.750. The molecule has 60 valence electrons. The first kappa shape index (κ1) is 9.66. The first-order valence-electron chi connectivity index (χ1n) is 3.48. The lowest BCUT2D eigenvalue weighted by atomic mass is 10.2. The van der Waals surface area contributed by atoms with E-state index in [1.165, 1.54) is 0 Å². The molecule has 0 rings (SSSR count). The van der Waals surface area contributed by atoms with E-state index in [0.717, 1.165) is 12.0 Å². The topological polar surface area (TPSA) is 18.5 Å². The minimum Gasteiger partial charge on any atom is -0.352 e. The fourth-order valence-corrected chi connectivity index (χ4v) is 0.886. The smallest absolute Gasteiger partial charge is 0.178 e. The summed E-state index contributed by atoms with van der Waals surface area (Å²) in [5.74, 6) is 0. The fourth-order valence-electron chi connectivity index (χ4n) is 0.886. The molecule has 0 heterocycles. The molecule has 2 nitrogen and oxygen atoms in total. The van der Waals surface area contributed by atoms with Gasteiger partial charge in [-0.25, -0.2) is 0 Å². The van der Waals surface area contributed by atoms with Crippen LogP contribution in [0.2, 0.25) is 0 Å². The van der Waals surface area contributed by atoms with Crippen molar-refractivity contribution >= 4 is 0 Å². The first-order chi connectivity index (χ1) is 4.76. The maximum atomic E-state index is 5.02. The summed E-state index contributed by atoms with van der Waals surface area (Å²) in [6.45, 7) is 4.09. The highest BCUT2D eigenvalue weighted by Gasteiger charge is 2.04. The summed E-state index contributed by atoms with van der Waals surface area (Å²) in [5.41, 5.74) is 1.13. The van der Waals surface area contributed by atoms with Crippen molar-refractivity contribution in [2.75, 3.05) is 14.2 Å². The van der Waals surface area contributed by atoms with Gasteiger partial charge in [0.25, 0.3) is 0 Å². The van der Waals surface area contributed by atoms with Crippen LogP contribution >= 0.6 is 0 Å². The van der Waals surface area contributed by atoms with E-state index in [-0.39, 0.29) is 6.29 Å². The molecule has 0 aliphatic carbocycles. The van der Waals surface area contributed by atoms with Crippen molar-refractivity contribution in [3.05, 3.63) is 11.6 Å². The second-order valence-corrected chi connectivity index (χ2v) is 2.16. The maximum Gasteiger partial charge on any atom is 0.178 e. The van der Waals surface area contributed by atoms with Gasteiger partial charge in [-0.15, -0.1) is 0 Å². The summed E-state index contributed by atoms with van der Waals surface area (Å²) in [6.07, 6.45) is 2.95. The monoisotopic (exact) mass is 144 g/mol. The zero-order valence-electron chi connectivity index (χ0n) is 7.18. The van der Waals surface area contributed by atoms with Gasteiger partial charge < -0.3 is 9.47 Å². The number of allylic oxidation sites excluding steroid dienone is 1. The van der Waals surface area contributed by atoms with Crippen molar-refractivity contribution in [1.29, 1.82) is 0 Å². The van der Waals surface area contributed by atoms with Gasteiger partial charge >= 0.3 is 0 Å². The number of hydrogen-bond donors (Lipinski definition) is 0. The van der Waals surface area contributed by atoms with Crippen molar-refractivity contribution < 1.29 is 9.47 Å². The first-order valence-corrected chi connectivity index (χ1v) is 3.48. The van der Waals surface area contributed by atoms with Gasteiger partial charge in [-0.2, -0.15) is 0 Å². The van der Waals surface area contributed by atoms with E-state index in [4.69, 9.17) is 9.47 Å². The Hall–Kier alpha value is -0.340. The highest BCUT2D eigenvalue weighted by Crippen LogP contribution is 2.05. The van der Waals surface area contributed by atoms with Crippen LogP contribution in [0.3, 0.4) is 0 Å². The molecule has 0 aromatic carbocycles. The summed E-state index contributed by atoms with van der Waals surface area (Å²) in [5, 5.41) is 0. The van der Waals surface area contributed by atoms with E-state index in [1.54, 1.807) is 14.2 Å². The summed E-state index contributed by atoms with van der Waals surface area (Å²) < 4.78 is 10.0. The van der Waals surface area contributed by atoms with Gasteiger partial charge in [-0.3, -0.25) is 0 Å². The molecule has 0 saturated carbocycles. The lowest BCUT2D eigenvalue weighted by molar-refractivity contribution is -0.0748. The van der Waals surface area contributed by atoms with Gasteiger partial charge in [0.15, 0.2) is 6.29 Å². The van der Waals surface area contributed by atoms with Crippen LogP contribution in [0.5, 0.6) is 0 Å². The quantitative estimate of drug-likeness (QED) is 0.443. The molecule has 0 atom stereocenters. The predicted octanol–water partition coefficient (Wildman–Crippen LogP) is 1.96. The van der Waals surface area contributed by atoms with E-state index in [9.17, 15) is 0 Å². The number of ether oxygens (including phenoxy) is 2. The Morgan fingerprint density at radius 1 is 1.40 bits per heavy atom. The third-order valence-corrected chi connectivity index (χ3v) is 1.33. The van der Waals surface area contributed by atoms with Crippen molar-refractivity contribution in [3.63, 3.8) is 0 Å². The van der Waals surface area contributed by atoms with Crippen LogP contribution in [0.4, 0.5) is 0 Å². The second kappa shape index (κ2) is 5.45. The van der Waals surface area contributed by atoms with Crippen molar-refractivity contribution in [2.24, 2.45) is 0 Å². The molecular formula is C8H16O2. The Morgan fingerprint density at radius 2 is 1.90 bits per heavy atom. The minimum absolute atomic E-state index is 0.167. The average molecular weight is 144 g/mol. The third-order valence-electron chi connectivity index (χ3n) is 1.33. The highest BCUT2D eigenvalue weighted by atomic mass is 16.7. The lowest BCUT2D eigenvalue weighted by Crippen LogP contribution is -2.13. The van der Waals surface area contributed by atoms with Crippen LogP contribution < -0.4 is 0 Å². The van der Waals surface area contributed by atoms with E-state index < -0.39 is 0 Å². The van der Waals surface area contributed by atoms with Crippen LogP contribution in [-0.2, 0) is 9.47 Å². The lowest BCUT2D eigenvalue weighted by Gasteiger charge is -2.13. The van der Waals surface area contributed by atoms with E-state index >= 15 is 0 Å². The number of hydrogen-bond acceptors (Lipinski definition) is 2. The highest BCUT2D eigenvalue weighted by molar-refractivity contribution is 5.00. The van der Waals surface area contributed by atoms with Crippen LogP contribution in [0.25, 0.3) is 0 Å². The molecule has 0 unspecified atom stereocenters. The largest absolute Gasteiger partial charge is 0.352 e. The molecule has 0 aromatic rings. The minimum atomic E-state index is -0.167. The van der Waals surface area contributed by atoms with Gasteiger partial charge in [-0.05, 0) is 18.9 Å². The van der Waals surface area contributed by atoms with Gasteiger partial charge in [0.2, 0.25) is 0 Å². The Labute approximate surface area is 62.8 Å². The van der Waals surface area contributed by atoms with Gasteiger partial charge in [0.1, 0.15) is 0 Å². The average Bonchev–Trinajstić information content (AvgIpc) is 1.91. The molecule has 0 N–H and O–H groups in total. The molecule has 0 amide bonds. The molecule has 0 bridgehead atoms. The summed E-state index contributed by atoms with van der Waals surface area (Å²) >= 11 is 0.